The minimum Gasteiger partial charge on any atom is -0.463 e. The Morgan fingerprint density at radius 2 is 1.61 bits per heavy atom. The Kier molecular flexibility index (Phi) is 10.6. The van der Waals surface area contributed by atoms with Gasteiger partial charge in [0.2, 0.25) is 0 Å². The van der Waals surface area contributed by atoms with Gasteiger partial charge in [-0.3, -0.25) is 4.89 Å². The molecule has 0 aliphatic carbocycles. The zero-order chi connectivity index (χ0) is 16.8. The SMILES string of the molecule is O=C(C=CCl)OCCCCCCCOOC(=O)c1ccccc1. The second kappa shape index (κ2) is 12.7. The molecule has 23 heavy (non-hydrogen) atoms. The van der Waals surface area contributed by atoms with Crippen LogP contribution in [0.4, 0.5) is 0 Å². The van der Waals surface area contributed by atoms with E-state index < -0.39 is 11.9 Å². The fourth-order valence-corrected chi connectivity index (χ4v) is 1.89. The number of ether oxygens (including phenoxy) is 1. The number of hydrogen-bond acceptors (Lipinski definition) is 5. The summed E-state index contributed by atoms with van der Waals surface area (Å²) >= 11 is 5.25. The number of halogens is 1. The minimum absolute atomic E-state index is 0.369. The Labute approximate surface area is 141 Å². The lowest BCUT2D eigenvalue weighted by Crippen LogP contribution is -2.06. The summed E-state index contributed by atoms with van der Waals surface area (Å²) in [5, 5.41) is 0. The zero-order valence-electron chi connectivity index (χ0n) is 12.9. The number of unbranched alkanes of at least 4 members (excludes halogenated alkanes) is 4. The first-order valence-corrected chi connectivity index (χ1v) is 8.00. The number of esters is 1. The van der Waals surface area contributed by atoms with Gasteiger partial charge in [-0.15, -0.1) is 0 Å². The quantitative estimate of drug-likeness (QED) is 0.200. The lowest BCUT2D eigenvalue weighted by molar-refractivity contribution is -0.241. The standard InChI is InChI=1S/C17H21ClO5/c18-12-11-16(19)21-13-7-2-1-3-8-14-22-23-17(20)15-9-5-4-6-10-15/h4-6,9-12H,1-3,7-8,13-14H2. The van der Waals surface area contributed by atoms with Gasteiger partial charge < -0.3 is 4.74 Å². The van der Waals surface area contributed by atoms with Crippen molar-refractivity contribution in [3.05, 3.63) is 47.5 Å². The molecule has 0 heterocycles. The van der Waals surface area contributed by atoms with Crippen molar-refractivity contribution < 1.29 is 24.1 Å². The van der Waals surface area contributed by atoms with E-state index >= 15 is 0 Å². The summed E-state index contributed by atoms with van der Waals surface area (Å²) in [5.41, 5.74) is 1.60. The van der Waals surface area contributed by atoms with Gasteiger partial charge in [-0.2, -0.15) is 4.89 Å². The molecule has 0 fully saturated rings. The third-order valence-corrected chi connectivity index (χ3v) is 3.09. The summed E-state index contributed by atoms with van der Waals surface area (Å²) < 4.78 is 4.90. The molecule has 5 nitrogen and oxygen atoms in total. The van der Waals surface area contributed by atoms with Crippen molar-refractivity contribution in [3.8, 4) is 0 Å². The van der Waals surface area contributed by atoms with Crippen LogP contribution in [0.5, 0.6) is 0 Å². The summed E-state index contributed by atoms with van der Waals surface area (Å²) in [6.07, 6.45) is 5.71. The molecule has 0 saturated carbocycles. The molecule has 0 atom stereocenters. The van der Waals surface area contributed by atoms with Gasteiger partial charge in [0.25, 0.3) is 0 Å². The number of carbonyl (C=O) groups is 2. The molecule has 0 bridgehead atoms. The van der Waals surface area contributed by atoms with Gasteiger partial charge in [0.1, 0.15) is 0 Å². The van der Waals surface area contributed by atoms with E-state index in [9.17, 15) is 9.59 Å². The maximum Gasteiger partial charge on any atom is 0.373 e. The monoisotopic (exact) mass is 340 g/mol. The number of carbonyl (C=O) groups excluding carboxylic acids is 2. The van der Waals surface area contributed by atoms with Gasteiger partial charge >= 0.3 is 11.9 Å². The van der Waals surface area contributed by atoms with Crippen LogP contribution in [0.1, 0.15) is 42.5 Å². The van der Waals surface area contributed by atoms with E-state index in [1.54, 1.807) is 24.3 Å². The molecule has 1 aromatic carbocycles. The summed E-state index contributed by atoms with van der Waals surface area (Å²) in [4.78, 5) is 32.1. The van der Waals surface area contributed by atoms with Gasteiger partial charge in [-0.05, 0) is 25.0 Å². The Balaban J connectivity index is 1.90. The van der Waals surface area contributed by atoms with E-state index in [1.807, 2.05) is 6.07 Å². The van der Waals surface area contributed by atoms with Crippen molar-refractivity contribution >= 4 is 23.5 Å². The molecule has 0 spiro atoms. The highest BCUT2D eigenvalue weighted by Crippen LogP contribution is 2.05. The first-order valence-electron chi connectivity index (χ1n) is 7.56. The minimum atomic E-state index is -0.488. The molecule has 0 aliphatic rings. The molecular weight excluding hydrogens is 320 g/mol. The van der Waals surface area contributed by atoms with Crippen molar-refractivity contribution in [1.29, 1.82) is 0 Å². The maximum absolute atomic E-state index is 11.6. The van der Waals surface area contributed by atoms with Crippen LogP contribution in [0.2, 0.25) is 0 Å². The predicted molar refractivity (Wildman–Crippen MR) is 86.8 cm³/mol. The van der Waals surface area contributed by atoms with Crippen LogP contribution in [-0.2, 0) is 19.3 Å². The topological polar surface area (TPSA) is 61.8 Å². The lowest BCUT2D eigenvalue weighted by Gasteiger charge is -2.04. The second-order valence-corrected chi connectivity index (χ2v) is 5.04. The van der Waals surface area contributed by atoms with Gasteiger partial charge in [0.05, 0.1) is 18.8 Å². The molecule has 0 radical (unpaired) electrons. The molecule has 0 amide bonds. The van der Waals surface area contributed by atoms with Crippen molar-refractivity contribution in [2.24, 2.45) is 0 Å². The fraction of sp³-hybridized carbons (Fsp3) is 0.412. The maximum atomic E-state index is 11.6. The average molecular weight is 341 g/mol. The van der Waals surface area contributed by atoms with Crippen LogP contribution in [0.3, 0.4) is 0 Å². The van der Waals surface area contributed by atoms with Crippen LogP contribution in [-0.4, -0.2) is 25.2 Å². The molecule has 1 rings (SSSR count). The molecule has 0 N–H and O–H groups in total. The molecule has 0 saturated heterocycles. The van der Waals surface area contributed by atoms with Crippen LogP contribution in [0, 0.1) is 0 Å². The first kappa shape index (κ1) is 19.2. The van der Waals surface area contributed by atoms with E-state index in [-0.39, 0.29) is 0 Å². The van der Waals surface area contributed by atoms with Gasteiger partial charge in [0, 0.05) is 11.6 Å². The van der Waals surface area contributed by atoms with Crippen LogP contribution in [0.15, 0.2) is 41.9 Å². The summed E-state index contributed by atoms with van der Waals surface area (Å²) in [6.45, 7) is 0.763. The summed E-state index contributed by atoms with van der Waals surface area (Å²) in [6, 6.07) is 8.69. The van der Waals surface area contributed by atoms with Crippen LogP contribution >= 0.6 is 11.6 Å². The smallest absolute Gasteiger partial charge is 0.373 e. The number of rotatable bonds is 11. The average Bonchev–Trinajstić information content (AvgIpc) is 2.57. The molecule has 0 aliphatic heterocycles. The third kappa shape index (κ3) is 9.71. The first-order chi connectivity index (χ1) is 11.2. The summed E-state index contributed by atoms with van der Waals surface area (Å²) in [5.74, 6) is -0.910. The van der Waals surface area contributed by atoms with E-state index in [4.69, 9.17) is 26.1 Å². The molecular formula is C17H21ClO5. The summed E-state index contributed by atoms with van der Waals surface area (Å²) in [7, 11) is 0. The molecule has 0 unspecified atom stereocenters. The van der Waals surface area contributed by atoms with Crippen molar-refractivity contribution in [2.75, 3.05) is 13.2 Å². The van der Waals surface area contributed by atoms with Gasteiger partial charge in [0.15, 0.2) is 0 Å². The van der Waals surface area contributed by atoms with E-state index in [1.165, 1.54) is 6.08 Å². The van der Waals surface area contributed by atoms with E-state index in [0.29, 0.717) is 18.8 Å². The molecule has 0 aromatic heterocycles. The van der Waals surface area contributed by atoms with Crippen molar-refractivity contribution in [1.82, 2.24) is 0 Å². The van der Waals surface area contributed by atoms with E-state index in [2.05, 4.69) is 0 Å². The normalized spacial score (nSPS) is 10.7. The lowest BCUT2D eigenvalue weighted by atomic mass is 10.1. The zero-order valence-corrected chi connectivity index (χ0v) is 13.7. The second-order valence-electron chi connectivity index (χ2n) is 4.79. The van der Waals surface area contributed by atoms with Gasteiger partial charge in [-0.25, -0.2) is 9.59 Å². The largest absolute Gasteiger partial charge is 0.463 e. The highest BCUT2D eigenvalue weighted by atomic mass is 35.5. The number of benzene rings is 1. The fourth-order valence-electron chi connectivity index (χ4n) is 1.78. The van der Waals surface area contributed by atoms with Crippen molar-refractivity contribution in [3.63, 3.8) is 0 Å². The van der Waals surface area contributed by atoms with E-state index in [0.717, 1.165) is 37.6 Å². The Morgan fingerprint density at radius 1 is 0.957 bits per heavy atom. The Hall–Kier alpha value is -1.85. The predicted octanol–water partition coefficient (Wildman–Crippen LogP) is 4.02. The van der Waals surface area contributed by atoms with Crippen molar-refractivity contribution in [2.45, 2.75) is 32.1 Å². The highest BCUT2D eigenvalue weighted by Gasteiger charge is 2.06. The Morgan fingerprint density at radius 3 is 2.30 bits per heavy atom. The third-order valence-electron chi connectivity index (χ3n) is 2.96. The molecule has 126 valence electrons. The Bertz CT molecular complexity index is 487. The van der Waals surface area contributed by atoms with Gasteiger partial charge in [-0.1, -0.05) is 49.1 Å². The molecule has 1 aromatic rings. The highest BCUT2D eigenvalue weighted by molar-refractivity contribution is 6.26. The molecule has 6 heteroatoms. The van der Waals surface area contributed by atoms with Crippen LogP contribution < -0.4 is 0 Å². The van der Waals surface area contributed by atoms with Crippen LogP contribution in [0.25, 0.3) is 0 Å². The number of hydrogen-bond donors (Lipinski definition) is 0.